The molecule has 4 rings (SSSR count). The molecule has 0 aliphatic rings. The summed E-state index contributed by atoms with van der Waals surface area (Å²) in [5.41, 5.74) is 9.93. The van der Waals surface area contributed by atoms with Gasteiger partial charge in [-0.3, -0.25) is 14.8 Å². The van der Waals surface area contributed by atoms with Gasteiger partial charge < -0.3 is 14.3 Å². The standard InChI is InChI=1S/C22H20FN4O5P/c23-21-5-1-3-17(25-21)11-15-6-8-16(9-7-15)12-18-13-20(32-26-18)19-4-2-10-27(22(19)24)14-31-33(28,29)30/h1-10,13,24H,11-12,14H2,(H2,28,29,30). The Morgan fingerprint density at radius 3 is 2.45 bits per heavy atom. The summed E-state index contributed by atoms with van der Waals surface area (Å²) in [6, 6.07) is 17.6. The van der Waals surface area contributed by atoms with Crippen LogP contribution in [0.1, 0.15) is 22.5 Å². The molecule has 9 nitrogen and oxygen atoms in total. The van der Waals surface area contributed by atoms with E-state index in [9.17, 15) is 13.8 Å². The molecular formula is C22H20FN4O5P. The molecule has 33 heavy (non-hydrogen) atoms. The zero-order chi connectivity index (χ0) is 23.4. The molecule has 0 fully saturated rings. The van der Waals surface area contributed by atoms with E-state index in [1.54, 1.807) is 30.3 Å². The van der Waals surface area contributed by atoms with Crippen LogP contribution in [0.15, 0.2) is 71.4 Å². The maximum Gasteiger partial charge on any atom is 0.285 e. The third-order valence-electron chi connectivity index (χ3n) is 4.86. The number of nitrogens with two attached hydrogens (primary N) is 1. The minimum absolute atomic E-state index is 0.184. The number of hydrogen-bond acceptors (Lipinski definition) is 7. The van der Waals surface area contributed by atoms with E-state index >= 15 is 0 Å². The number of nitrogen functional groups attached to an aromatic ring is 1. The topological polar surface area (TPSA) is 138 Å². The van der Waals surface area contributed by atoms with Crippen LogP contribution in [-0.4, -0.2) is 15.0 Å². The highest BCUT2D eigenvalue weighted by Gasteiger charge is 2.18. The normalized spacial score (nSPS) is 13.1. The number of benzene rings is 1. The van der Waals surface area contributed by atoms with Crippen molar-refractivity contribution in [3.8, 4) is 11.3 Å². The number of anilines is 1. The van der Waals surface area contributed by atoms with Crippen molar-refractivity contribution >= 4 is 13.6 Å². The average molecular weight is 470 g/mol. The van der Waals surface area contributed by atoms with E-state index in [2.05, 4.69) is 14.7 Å². The van der Waals surface area contributed by atoms with Gasteiger partial charge in [-0.05, 0) is 35.4 Å². The predicted molar refractivity (Wildman–Crippen MR) is 114 cm³/mol. The number of hydrogen-bond donors (Lipinski definition) is 2. The van der Waals surface area contributed by atoms with Crippen molar-refractivity contribution in [3.63, 3.8) is 0 Å². The largest absolute Gasteiger partial charge is 0.756 e. The second-order valence-corrected chi connectivity index (χ2v) is 8.50. The highest BCUT2D eigenvalue weighted by atomic mass is 31.2. The molecule has 170 valence electrons. The molecule has 0 aliphatic carbocycles. The number of rotatable bonds is 8. The molecule has 3 heterocycles. The van der Waals surface area contributed by atoms with E-state index in [1.807, 2.05) is 24.3 Å². The van der Waals surface area contributed by atoms with Gasteiger partial charge >= 0.3 is 0 Å². The lowest BCUT2D eigenvalue weighted by molar-refractivity contribution is -0.712. The van der Waals surface area contributed by atoms with Crippen LogP contribution in [0.5, 0.6) is 0 Å². The van der Waals surface area contributed by atoms with Crippen molar-refractivity contribution in [2.24, 2.45) is 0 Å². The van der Waals surface area contributed by atoms with Gasteiger partial charge in [0.1, 0.15) is 5.56 Å². The van der Waals surface area contributed by atoms with Crippen LogP contribution in [-0.2, 0) is 28.7 Å². The Hall–Kier alpha value is -3.43. The van der Waals surface area contributed by atoms with Gasteiger partial charge in [0.05, 0.1) is 11.9 Å². The Labute approximate surface area is 188 Å². The molecule has 1 aromatic carbocycles. The summed E-state index contributed by atoms with van der Waals surface area (Å²) < 4.78 is 35.2. The van der Waals surface area contributed by atoms with Crippen LogP contribution >= 0.6 is 7.82 Å². The molecule has 3 aromatic heterocycles. The maximum atomic E-state index is 13.3. The molecule has 1 unspecified atom stereocenters. The number of nitrogens with zero attached hydrogens (tertiary/aromatic N) is 3. The molecule has 11 heteroatoms. The molecule has 0 spiro atoms. The molecule has 0 saturated carbocycles. The number of phosphoric ester groups is 1. The Bertz CT molecular complexity index is 1310. The van der Waals surface area contributed by atoms with Gasteiger partial charge in [0, 0.05) is 24.6 Å². The first-order valence-electron chi connectivity index (χ1n) is 9.88. The molecule has 0 amide bonds. The molecular weight excluding hydrogens is 450 g/mol. The Balaban J connectivity index is 1.44. The highest BCUT2D eigenvalue weighted by Crippen LogP contribution is 2.30. The van der Waals surface area contributed by atoms with Gasteiger partial charge in [-0.15, -0.1) is 0 Å². The van der Waals surface area contributed by atoms with Crippen LogP contribution in [0.3, 0.4) is 0 Å². The summed E-state index contributed by atoms with van der Waals surface area (Å²) in [7, 11) is -4.88. The van der Waals surface area contributed by atoms with E-state index in [0.717, 1.165) is 11.1 Å². The molecule has 3 N–H and O–H groups in total. The third-order valence-corrected chi connectivity index (χ3v) is 5.31. The fourth-order valence-electron chi connectivity index (χ4n) is 3.28. The molecule has 0 saturated heterocycles. The lowest BCUT2D eigenvalue weighted by Crippen LogP contribution is -2.38. The quantitative estimate of drug-likeness (QED) is 0.227. The van der Waals surface area contributed by atoms with Gasteiger partial charge in [-0.25, -0.2) is 9.55 Å². The number of halogens is 1. The number of pyridine rings is 2. The van der Waals surface area contributed by atoms with Gasteiger partial charge in [-0.2, -0.15) is 4.39 Å². The fourth-order valence-corrected chi connectivity index (χ4v) is 3.55. The van der Waals surface area contributed by atoms with Crippen molar-refractivity contribution in [2.45, 2.75) is 19.6 Å². The Kier molecular flexibility index (Phi) is 6.62. The highest BCUT2D eigenvalue weighted by molar-refractivity contribution is 7.44. The summed E-state index contributed by atoms with van der Waals surface area (Å²) in [6.07, 6.45) is 2.55. The summed E-state index contributed by atoms with van der Waals surface area (Å²) >= 11 is 0. The van der Waals surface area contributed by atoms with E-state index in [1.165, 1.54) is 16.8 Å². The second-order valence-electron chi connectivity index (χ2n) is 7.31. The first kappa shape index (κ1) is 22.8. The van der Waals surface area contributed by atoms with E-state index in [-0.39, 0.29) is 5.82 Å². The van der Waals surface area contributed by atoms with Crippen molar-refractivity contribution < 1.29 is 32.4 Å². The monoisotopic (exact) mass is 470 g/mol. The Morgan fingerprint density at radius 1 is 1.09 bits per heavy atom. The van der Waals surface area contributed by atoms with Gasteiger partial charge in [0.25, 0.3) is 13.6 Å². The van der Waals surface area contributed by atoms with Gasteiger partial charge in [-0.1, -0.05) is 35.5 Å². The summed E-state index contributed by atoms with van der Waals surface area (Å²) in [5, 5.41) is 4.09. The SMILES string of the molecule is Nc1c(-c2cc(Cc3ccc(Cc4cccc(F)n4)cc3)no2)ccc[n+]1COP(=O)([O-])O. The van der Waals surface area contributed by atoms with Crippen molar-refractivity contribution in [1.29, 1.82) is 0 Å². The van der Waals surface area contributed by atoms with Crippen molar-refractivity contribution in [3.05, 3.63) is 95.3 Å². The lowest BCUT2D eigenvalue weighted by Gasteiger charge is -2.14. The number of aromatic nitrogens is 3. The summed E-state index contributed by atoms with van der Waals surface area (Å²) in [5.74, 6) is 0.0887. The van der Waals surface area contributed by atoms with E-state index in [0.29, 0.717) is 35.6 Å². The van der Waals surface area contributed by atoms with Gasteiger partial charge in [0.15, 0.2) is 12.5 Å². The number of phosphoric acid groups is 1. The van der Waals surface area contributed by atoms with Crippen molar-refractivity contribution in [2.75, 3.05) is 5.73 Å². The summed E-state index contributed by atoms with van der Waals surface area (Å²) in [4.78, 5) is 23.5. The maximum absolute atomic E-state index is 13.3. The molecule has 0 bridgehead atoms. The second kappa shape index (κ2) is 9.60. The van der Waals surface area contributed by atoms with Gasteiger partial charge in [0.2, 0.25) is 5.95 Å². The molecule has 0 radical (unpaired) electrons. The molecule has 1 atom stereocenters. The minimum atomic E-state index is -4.88. The minimum Gasteiger partial charge on any atom is -0.756 e. The zero-order valence-corrected chi connectivity index (χ0v) is 18.2. The molecule has 0 aliphatic heterocycles. The Morgan fingerprint density at radius 2 is 1.79 bits per heavy atom. The van der Waals surface area contributed by atoms with Crippen molar-refractivity contribution in [1.82, 2.24) is 10.1 Å². The van der Waals surface area contributed by atoms with E-state index < -0.39 is 20.5 Å². The first-order valence-corrected chi connectivity index (χ1v) is 11.4. The van der Waals surface area contributed by atoms with E-state index in [4.69, 9.17) is 15.2 Å². The third kappa shape index (κ3) is 6.09. The van der Waals surface area contributed by atoms with Crippen LogP contribution in [0, 0.1) is 5.95 Å². The smallest absolute Gasteiger partial charge is 0.285 e. The lowest BCUT2D eigenvalue weighted by atomic mass is 10.0. The van der Waals surface area contributed by atoms with Crippen LogP contribution < -0.4 is 15.2 Å². The first-order chi connectivity index (χ1) is 15.8. The predicted octanol–water partition coefficient (Wildman–Crippen LogP) is 2.36. The van der Waals surface area contributed by atoms with Crippen LogP contribution in [0.25, 0.3) is 11.3 Å². The average Bonchev–Trinajstić information content (AvgIpc) is 3.22. The fraction of sp³-hybridized carbons (Fsp3) is 0.136. The van der Waals surface area contributed by atoms with Crippen LogP contribution in [0.4, 0.5) is 10.2 Å². The molecule has 4 aromatic rings. The summed E-state index contributed by atoms with van der Waals surface area (Å²) in [6.45, 7) is -0.477. The van der Waals surface area contributed by atoms with Crippen LogP contribution in [0.2, 0.25) is 0 Å². The zero-order valence-electron chi connectivity index (χ0n) is 17.3.